The summed E-state index contributed by atoms with van der Waals surface area (Å²) < 4.78 is 0. The Morgan fingerprint density at radius 3 is 2.62 bits per heavy atom. The Morgan fingerprint density at radius 2 is 1.95 bits per heavy atom. The molecule has 0 radical (unpaired) electrons. The van der Waals surface area contributed by atoms with Crippen molar-refractivity contribution in [2.75, 3.05) is 11.9 Å². The molecule has 1 heterocycles. The van der Waals surface area contributed by atoms with Crippen LogP contribution in [-0.4, -0.2) is 16.7 Å². The van der Waals surface area contributed by atoms with Crippen molar-refractivity contribution in [3.63, 3.8) is 0 Å². The van der Waals surface area contributed by atoms with Crippen molar-refractivity contribution in [3.05, 3.63) is 52.7 Å². The van der Waals surface area contributed by atoms with Crippen LogP contribution in [0.25, 0.3) is 0 Å². The van der Waals surface area contributed by atoms with E-state index in [2.05, 4.69) is 21.6 Å². The summed E-state index contributed by atoms with van der Waals surface area (Å²) in [6.07, 6.45) is 0.753. The molecule has 0 saturated carbocycles. The molecule has 1 unspecified atom stereocenters. The second kappa shape index (κ2) is 6.82. The lowest BCUT2D eigenvalue weighted by atomic mass is 10.0. The summed E-state index contributed by atoms with van der Waals surface area (Å²) in [5.41, 5.74) is 9.44. The van der Waals surface area contributed by atoms with E-state index in [1.54, 1.807) is 0 Å². The monoisotopic (exact) mass is 281 g/mol. The quantitative estimate of drug-likeness (QED) is 0.879. The van der Waals surface area contributed by atoms with Gasteiger partial charge < -0.3 is 11.1 Å². The van der Waals surface area contributed by atoms with Crippen LogP contribution in [0.5, 0.6) is 0 Å². The molecule has 3 N–H and O–H groups in total. The van der Waals surface area contributed by atoms with Gasteiger partial charge in [-0.1, -0.05) is 30.3 Å². The molecule has 1 aromatic carbocycles. The van der Waals surface area contributed by atoms with Gasteiger partial charge in [0, 0.05) is 12.6 Å². The van der Waals surface area contributed by atoms with Crippen molar-refractivity contribution >= 4 is 5.82 Å². The Labute approximate surface area is 124 Å². The van der Waals surface area contributed by atoms with Gasteiger partial charge in [-0.05, 0) is 31.4 Å². The van der Waals surface area contributed by atoms with E-state index in [0.717, 1.165) is 23.2 Å². The summed E-state index contributed by atoms with van der Waals surface area (Å²) in [6.45, 7) is 4.36. The fourth-order valence-corrected chi connectivity index (χ4v) is 2.08. The van der Waals surface area contributed by atoms with Gasteiger partial charge in [-0.25, -0.2) is 0 Å². The van der Waals surface area contributed by atoms with Gasteiger partial charge in [0.1, 0.15) is 11.6 Å². The van der Waals surface area contributed by atoms with Gasteiger partial charge in [-0.15, -0.1) is 5.10 Å². The first kappa shape index (κ1) is 14.9. The molecule has 1 atom stereocenters. The van der Waals surface area contributed by atoms with Crippen LogP contribution < -0.4 is 11.1 Å². The fourth-order valence-electron chi connectivity index (χ4n) is 2.08. The molecule has 2 rings (SSSR count). The molecular formula is C16H19N5. The van der Waals surface area contributed by atoms with Gasteiger partial charge in [-0.2, -0.15) is 10.4 Å². The first-order valence-electron chi connectivity index (χ1n) is 6.92. The Morgan fingerprint density at radius 1 is 1.24 bits per heavy atom. The zero-order chi connectivity index (χ0) is 15.2. The van der Waals surface area contributed by atoms with E-state index in [4.69, 9.17) is 5.73 Å². The summed E-state index contributed by atoms with van der Waals surface area (Å²) in [6, 6.07) is 12.1. The van der Waals surface area contributed by atoms with Crippen LogP contribution in [0.1, 0.15) is 34.8 Å². The minimum Gasteiger partial charge on any atom is -0.367 e. The normalized spacial score (nSPS) is 11.7. The minimum atomic E-state index is -0.0382. The molecular weight excluding hydrogens is 262 g/mol. The second-order valence-corrected chi connectivity index (χ2v) is 4.98. The van der Waals surface area contributed by atoms with Gasteiger partial charge in [0.2, 0.25) is 0 Å². The number of hydrogen-bond donors (Lipinski definition) is 2. The van der Waals surface area contributed by atoms with Gasteiger partial charge >= 0.3 is 0 Å². The third kappa shape index (κ3) is 3.56. The van der Waals surface area contributed by atoms with E-state index in [0.29, 0.717) is 17.9 Å². The third-order valence-electron chi connectivity index (χ3n) is 3.54. The van der Waals surface area contributed by atoms with E-state index in [1.165, 1.54) is 0 Å². The van der Waals surface area contributed by atoms with E-state index >= 15 is 0 Å². The average molecular weight is 281 g/mol. The number of anilines is 1. The van der Waals surface area contributed by atoms with Crippen molar-refractivity contribution in [1.82, 2.24) is 10.2 Å². The van der Waals surface area contributed by atoms with Crippen LogP contribution in [0.4, 0.5) is 5.82 Å². The van der Waals surface area contributed by atoms with Gasteiger partial charge in [-0.3, -0.25) is 0 Å². The van der Waals surface area contributed by atoms with Crippen LogP contribution in [0.3, 0.4) is 0 Å². The minimum absolute atomic E-state index is 0.0382. The van der Waals surface area contributed by atoms with E-state index in [9.17, 15) is 5.26 Å². The second-order valence-electron chi connectivity index (χ2n) is 4.98. The van der Waals surface area contributed by atoms with Crippen LogP contribution in [0.2, 0.25) is 0 Å². The standard InChI is InChI=1S/C16H19N5/c1-11-12(2)20-21-16(14(11)10-17)19-9-8-15(18)13-6-4-3-5-7-13/h3-7,15H,8-9,18H2,1-2H3,(H,19,21). The molecule has 0 fully saturated rings. The summed E-state index contributed by atoms with van der Waals surface area (Å²) in [5, 5.41) is 20.5. The zero-order valence-electron chi connectivity index (χ0n) is 12.3. The maximum absolute atomic E-state index is 9.23. The maximum atomic E-state index is 9.23. The highest BCUT2D eigenvalue weighted by Crippen LogP contribution is 2.18. The third-order valence-corrected chi connectivity index (χ3v) is 3.54. The Bertz CT molecular complexity index is 646. The SMILES string of the molecule is Cc1nnc(NCCC(N)c2ccccc2)c(C#N)c1C. The predicted molar refractivity (Wildman–Crippen MR) is 82.7 cm³/mol. The summed E-state index contributed by atoms with van der Waals surface area (Å²) in [4.78, 5) is 0. The highest BCUT2D eigenvalue weighted by Gasteiger charge is 2.11. The topological polar surface area (TPSA) is 87.6 Å². The molecule has 5 nitrogen and oxygen atoms in total. The Hall–Kier alpha value is -2.45. The number of nitrogens with one attached hydrogen (secondary N) is 1. The van der Waals surface area contributed by atoms with Crippen molar-refractivity contribution in [2.24, 2.45) is 5.73 Å². The zero-order valence-corrected chi connectivity index (χ0v) is 12.3. The highest BCUT2D eigenvalue weighted by molar-refractivity contribution is 5.55. The van der Waals surface area contributed by atoms with Crippen molar-refractivity contribution in [1.29, 1.82) is 5.26 Å². The van der Waals surface area contributed by atoms with E-state index in [-0.39, 0.29) is 6.04 Å². The van der Waals surface area contributed by atoms with Crippen molar-refractivity contribution in [3.8, 4) is 6.07 Å². The largest absolute Gasteiger partial charge is 0.367 e. The van der Waals surface area contributed by atoms with E-state index in [1.807, 2.05) is 44.2 Å². The molecule has 0 saturated heterocycles. The van der Waals surface area contributed by atoms with Crippen LogP contribution in [-0.2, 0) is 0 Å². The molecule has 0 aliphatic rings. The Balaban J connectivity index is 1.99. The summed E-state index contributed by atoms with van der Waals surface area (Å²) in [5.74, 6) is 0.529. The molecule has 108 valence electrons. The molecule has 1 aromatic heterocycles. The average Bonchev–Trinajstić information content (AvgIpc) is 2.51. The molecule has 0 aliphatic heterocycles. The van der Waals surface area contributed by atoms with Crippen molar-refractivity contribution < 1.29 is 0 Å². The lowest BCUT2D eigenvalue weighted by molar-refractivity contribution is 0.673. The smallest absolute Gasteiger partial charge is 0.166 e. The number of nitriles is 1. The number of rotatable bonds is 5. The highest BCUT2D eigenvalue weighted by atomic mass is 15.2. The number of nitrogens with zero attached hydrogens (tertiary/aromatic N) is 3. The first-order valence-corrected chi connectivity index (χ1v) is 6.92. The summed E-state index contributed by atoms with van der Waals surface area (Å²) >= 11 is 0. The van der Waals surface area contributed by atoms with E-state index < -0.39 is 0 Å². The lowest BCUT2D eigenvalue weighted by Crippen LogP contribution is -2.16. The van der Waals surface area contributed by atoms with Crippen LogP contribution in [0, 0.1) is 25.2 Å². The molecule has 2 aromatic rings. The van der Waals surface area contributed by atoms with Gasteiger partial charge in [0.05, 0.1) is 5.69 Å². The van der Waals surface area contributed by atoms with Crippen LogP contribution in [0.15, 0.2) is 30.3 Å². The first-order chi connectivity index (χ1) is 10.1. The van der Waals surface area contributed by atoms with Gasteiger partial charge in [0.15, 0.2) is 5.82 Å². The Kier molecular flexibility index (Phi) is 4.85. The summed E-state index contributed by atoms with van der Waals surface area (Å²) in [7, 11) is 0. The maximum Gasteiger partial charge on any atom is 0.166 e. The number of nitrogens with two attached hydrogens (primary N) is 1. The molecule has 21 heavy (non-hydrogen) atoms. The lowest BCUT2D eigenvalue weighted by Gasteiger charge is -2.14. The molecule has 0 spiro atoms. The number of hydrogen-bond acceptors (Lipinski definition) is 5. The predicted octanol–water partition coefficient (Wildman–Crippen LogP) is 2.47. The fraction of sp³-hybridized carbons (Fsp3) is 0.312. The van der Waals surface area contributed by atoms with Gasteiger partial charge in [0.25, 0.3) is 0 Å². The van der Waals surface area contributed by atoms with Crippen molar-refractivity contribution in [2.45, 2.75) is 26.3 Å². The molecule has 0 bridgehead atoms. The number of aryl methyl sites for hydroxylation is 1. The van der Waals surface area contributed by atoms with Crippen LogP contribution >= 0.6 is 0 Å². The number of aromatic nitrogens is 2. The molecule has 5 heteroatoms. The molecule has 0 aliphatic carbocycles. The molecule has 0 amide bonds. The number of benzene rings is 1.